The molecule has 2 aliphatic rings. The van der Waals surface area contributed by atoms with E-state index in [0.29, 0.717) is 0 Å². The maximum atomic E-state index is 3.85. The molecular weight excluding hydrogens is 316 g/mol. The first-order chi connectivity index (χ1) is 12.6. The monoisotopic (exact) mass is 364 g/mol. The predicted molar refractivity (Wildman–Crippen MR) is 116 cm³/mol. The van der Waals surface area contributed by atoms with Crippen LogP contribution in [0.3, 0.4) is 0 Å². The van der Waals surface area contributed by atoms with E-state index in [0.717, 1.165) is 35.8 Å². The van der Waals surface area contributed by atoms with Gasteiger partial charge in [-0.05, 0) is 75.3 Å². The predicted octanol–water partition coefficient (Wildman–Crippen LogP) is 6.16. The van der Waals surface area contributed by atoms with Crippen LogP contribution in [-0.2, 0) is 0 Å². The maximum Gasteiger partial charge on any atom is 0.00698 e. The third-order valence-electron chi connectivity index (χ3n) is 7.28. The molecule has 4 unspecified atom stereocenters. The minimum atomic E-state index is 0.804. The molecule has 0 aromatic heterocycles. The fraction of sp³-hybridized carbons (Fsp3) is 1.00. The Morgan fingerprint density at radius 3 is 1.42 bits per heavy atom. The summed E-state index contributed by atoms with van der Waals surface area (Å²) < 4.78 is 0. The number of hydrogen-bond donors (Lipinski definition) is 2. The van der Waals surface area contributed by atoms with Crippen LogP contribution in [0.25, 0.3) is 0 Å². The summed E-state index contributed by atoms with van der Waals surface area (Å²) in [6.07, 6.45) is 17.0. The lowest BCUT2D eigenvalue weighted by Gasteiger charge is -2.32. The third kappa shape index (κ3) is 8.30. The highest BCUT2D eigenvalue weighted by molar-refractivity contribution is 4.80. The van der Waals surface area contributed by atoms with Crippen LogP contribution in [0.5, 0.6) is 0 Å². The fourth-order valence-corrected chi connectivity index (χ4v) is 5.25. The van der Waals surface area contributed by atoms with Crippen molar-refractivity contribution in [3.05, 3.63) is 0 Å². The molecular formula is C24H48N2. The van der Waals surface area contributed by atoms with Crippen molar-refractivity contribution >= 4 is 0 Å². The van der Waals surface area contributed by atoms with Crippen molar-refractivity contribution in [3.63, 3.8) is 0 Å². The summed E-state index contributed by atoms with van der Waals surface area (Å²) in [6, 6.07) is 1.61. The molecule has 2 saturated carbocycles. The molecule has 0 aromatic carbocycles. The van der Waals surface area contributed by atoms with Gasteiger partial charge < -0.3 is 10.6 Å². The summed E-state index contributed by atoms with van der Waals surface area (Å²) in [4.78, 5) is 0. The van der Waals surface area contributed by atoms with Crippen LogP contribution >= 0.6 is 0 Å². The van der Waals surface area contributed by atoms with E-state index >= 15 is 0 Å². The van der Waals surface area contributed by atoms with Crippen LogP contribution in [0.15, 0.2) is 0 Å². The number of unbranched alkanes of at least 4 members (excludes halogenated alkanes) is 3. The Morgan fingerprint density at radius 2 is 1.04 bits per heavy atom. The molecule has 0 aliphatic heterocycles. The molecule has 2 fully saturated rings. The van der Waals surface area contributed by atoms with Gasteiger partial charge in [-0.15, -0.1) is 0 Å². The van der Waals surface area contributed by atoms with Gasteiger partial charge in [0.05, 0.1) is 0 Å². The molecule has 2 heteroatoms. The van der Waals surface area contributed by atoms with E-state index in [1.165, 1.54) is 90.1 Å². The Hall–Kier alpha value is -0.0800. The molecule has 0 spiro atoms. The van der Waals surface area contributed by atoms with Gasteiger partial charge in [0, 0.05) is 12.1 Å². The van der Waals surface area contributed by atoms with Gasteiger partial charge in [0.1, 0.15) is 0 Å². The van der Waals surface area contributed by atoms with Gasteiger partial charge in [0.15, 0.2) is 0 Å². The van der Waals surface area contributed by atoms with Crippen molar-refractivity contribution in [2.75, 3.05) is 13.1 Å². The highest BCUT2D eigenvalue weighted by Gasteiger charge is 2.24. The lowest BCUT2D eigenvalue weighted by molar-refractivity contribution is 0.230. The molecule has 2 aliphatic carbocycles. The standard InChI is InChI=1S/C24H48N2/c1-19(2)21-11-9-13-23(17-21)25-15-7-5-6-8-16-26-24-14-10-12-22(18-24)20(3)4/h19-26H,5-18H2,1-4H3. The van der Waals surface area contributed by atoms with Crippen molar-refractivity contribution in [2.24, 2.45) is 23.7 Å². The van der Waals surface area contributed by atoms with E-state index in [1.807, 2.05) is 0 Å². The topological polar surface area (TPSA) is 24.1 Å². The molecule has 0 radical (unpaired) electrons. The zero-order chi connectivity index (χ0) is 18.8. The largest absolute Gasteiger partial charge is 0.314 e. The van der Waals surface area contributed by atoms with Crippen molar-refractivity contribution in [2.45, 2.75) is 117 Å². The highest BCUT2D eigenvalue weighted by atomic mass is 14.9. The molecule has 0 amide bonds. The number of nitrogens with one attached hydrogen (secondary N) is 2. The minimum Gasteiger partial charge on any atom is -0.314 e. The Bertz CT molecular complexity index is 318. The van der Waals surface area contributed by atoms with Gasteiger partial charge in [-0.1, -0.05) is 66.2 Å². The second-order valence-electron chi connectivity index (χ2n) is 10.1. The summed E-state index contributed by atoms with van der Waals surface area (Å²) in [5.41, 5.74) is 0. The lowest BCUT2D eigenvalue weighted by atomic mass is 9.79. The zero-order valence-corrected chi connectivity index (χ0v) is 18.4. The van der Waals surface area contributed by atoms with Crippen LogP contribution in [-0.4, -0.2) is 25.2 Å². The average Bonchev–Trinajstić information content (AvgIpc) is 2.64. The van der Waals surface area contributed by atoms with Crippen molar-refractivity contribution in [3.8, 4) is 0 Å². The van der Waals surface area contributed by atoms with Gasteiger partial charge >= 0.3 is 0 Å². The molecule has 0 saturated heterocycles. The van der Waals surface area contributed by atoms with E-state index in [-0.39, 0.29) is 0 Å². The molecule has 0 heterocycles. The molecule has 2 rings (SSSR count). The normalized spacial score (nSPS) is 30.2. The highest BCUT2D eigenvalue weighted by Crippen LogP contribution is 2.30. The molecule has 0 bridgehead atoms. The smallest absolute Gasteiger partial charge is 0.00698 e. The Balaban J connectivity index is 1.42. The van der Waals surface area contributed by atoms with Crippen molar-refractivity contribution in [1.29, 1.82) is 0 Å². The van der Waals surface area contributed by atoms with Crippen LogP contribution in [0, 0.1) is 23.7 Å². The number of rotatable bonds is 11. The van der Waals surface area contributed by atoms with Crippen LogP contribution < -0.4 is 10.6 Å². The SMILES string of the molecule is CC(C)C1CCCC(NCCCCCCNC2CCCC(C(C)C)C2)C1. The fourth-order valence-electron chi connectivity index (χ4n) is 5.25. The van der Waals surface area contributed by atoms with Crippen molar-refractivity contribution in [1.82, 2.24) is 10.6 Å². The van der Waals surface area contributed by atoms with Crippen LogP contribution in [0.1, 0.15) is 105 Å². The van der Waals surface area contributed by atoms with Gasteiger partial charge in [0.2, 0.25) is 0 Å². The Morgan fingerprint density at radius 1 is 0.615 bits per heavy atom. The van der Waals surface area contributed by atoms with E-state index in [9.17, 15) is 0 Å². The maximum absolute atomic E-state index is 3.85. The van der Waals surface area contributed by atoms with Gasteiger partial charge in [-0.25, -0.2) is 0 Å². The second kappa shape index (κ2) is 12.4. The van der Waals surface area contributed by atoms with Crippen LogP contribution in [0.2, 0.25) is 0 Å². The summed E-state index contributed by atoms with van der Waals surface area (Å²) in [5.74, 6) is 3.66. The quantitative estimate of drug-likeness (QED) is 0.429. The molecule has 0 aromatic rings. The third-order valence-corrected chi connectivity index (χ3v) is 7.28. The Kier molecular flexibility index (Phi) is 10.6. The molecule has 4 atom stereocenters. The van der Waals surface area contributed by atoms with Gasteiger partial charge in [-0.3, -0.25) is 0 Å². The first kappa shape index (κ1) is 22.2. The molecule has 2 nitrogen and oxygen atoms in total. The first-order valence-corrected chi connectivity index (χ1v) is 12.0. The van der Waals surface area contributed by atoms with Gasteiger partial charge in [0.25, 0.3) is 0 Å². The summed E-state index contributed by atoms with van der Waals surface area (Å²) in [6.45, 7) is 12.1. The summed E-state index contributed by atoms with van der Waals surface area (Å²) in [7, 11) is 0. The van der Waals surface area contributed by atoms with Gasteiger partial charge in [-0.2, -0.15) is 0 Å². The van der Waals surface area contributed by atoms with E-state index in [4.69, 9.17) is 0 Å². The summed E-state index contributed by atoms with van der Waals surface area (Å²) in [5, 5.41) is 7.70. The first-order valence-electron chi connectivity index (χ1n) is 12.0. The van der Waals surface area contributed by atoms with E-state index in [1.54, 1.807) is 0 Å². The molecule has 26 heavy (non-hydrogen) atoms. The summed E-state index contributed by atoms with van der Waals surface area (Å²) >= 11 is 0. The molecule has 154 valence electrons. The van der Waals surface area contributed by atoms with E-state index in [2.05, 4.69) is 38.3 Å². The average molecular weight is 365 g/mol. The molecule has 2 N–H and O–H groups in total. The Labute approximate surface area is 164 Å². The second-order valence-corrected chi connectivity index (χ2v) is 10.1. The van der Waals surface area contributed by atoms with Crippen LogP contribution in [0.4, 0.5) is 0 Å². The zero-order valence-electron chi connectivity index (χ0n) is 18.4. The minimum absolute atomic E-state index is 0.804. The van der Waals surface area contributed by atoms with E-state index < -0.39 is 0 Å². The lowest BCUT2D eigenvalue weighted by Crippen LogP contribution is -2.36. The number of hydrogen-bond acceptors (Lipinski definition) is 2. The van der Waals surface area contributed by atoms with Crippen molar-refractivity contribution < 1.29 is 0 Å².